The molecule has 0 aromatic rings. The van der Waals surface area contributed by atoms with Crippen LogP contribution in [0.3, 0.4) is 0 Å². The molecule has 1 heterocycles. The molecule has 2 rings (SSSR count). The molecule has 0 aromatic carbocycles. The second kappa shape index (κ2) is 7.63. The summed E-state index contributed by atoms with van der Waals surface area (Å²) in [5, 5.41) is 96.3. The SMILES string of the molecule is O=[N+]([O-])C1=C([N+](=O)[O-])C([N+](=O)[O-])C2([N+](=O)[O-])C(=C1[N+](=O)[O-])N([N+](=O)[O-])C([N+](=O)[O-])([N+](=O)[O-])N2[N+](=O)[O-]. The number of fused-ring (bicyclic) bond motifs is 1. The molecular formula is C7HN11O18. The maximum Gasteiger partial charge on any atom is 0.748 e. The average Bonchev–Trinajstić information content (AvgIpc) is 3.01. The largest absolute Gasteiger partial charge is 0.748 e. The van der Waals surface area contributed by atoms with Crippen molar-refractivity contribution in [2.45, 2.75) is 17.6 Å². The van der Waals surface area contributed by atoms with Crippen LogP contribution in [0, 0.1) is 91.0 Å². The lowest BCUT2D eigenvalue weighted by Gasteiger charge is -2.23. The first-order valence-corrected chi connectivity index (χ1v) is 7.76. The Hall–Kier alpha value is -6.32. The Morgan fingerprint density at radius 3 is 1.28 bits per heavy atom. The number of hydrazine groups is 2. The topological polar surface area (TPSA) is 395 Å². The van der Waals surface area contributed by atoms with Gasteiger partial charge in [0, 0.05) is 4.92 Å². The van der Waals surface area contributed by atoms with E-state index in [2.05, 4.69) is 0 Å². The fourth-order valence-corrected chi connectivity index (χ4v) is 3.65. The van der Waals surface area contributed by atoms with Gasteiger partial charge in [-0.1, -0.05) is 0 Å². The van der Waals surface area contributed by atoms with Gasteiger partial charge in [-0.2, -0.15) is 0 Å². The fraction of sp³-hybridized carbons (Fsp3) is 0.429. The van der Waals surface area contributed by atoms with E-state index in [1.165, 1.54) is 0 Å². The maximum atomic E-state index is 12.1. The van der Waals surface area contributed by atoms with E-state index in [4.69, 9.17) is 0 Å². The van der Waals surface area contributed by atoms with Crippen molar-refractivity contribution in [1.82, 2.24) is 10.0 Å². The summed E-state index contributed by atoms with van der Waals surface area (Å²) in [6, 6.07) is -4.28. The first-order valence-electron chi connectivity index (χ1n) is 7.76. The zero-order valence-electron chi connectivity index (χ0n) is 15.8. The Labute approximate surface area is 187 Å². The van der Waals surface area contributed by atoms with Gasteiger partial charge in [-0.05, 0) is 0 Å². The highest BCUT2D eigenvalue weighted by Crippen LogP contribution is 2.54. The van der Waals surface area contributed by atoms with E-state index in [1.54, 1.807) is 0 Å². The van der Waals surface area contributed by atoms with E-state index < -0.39 is 94.9 Å². The van der Waals surface area contributed by atoms with Gasteiger partial charge in [-0.15, -0.1) is 0 Å². The van der Waals surface area contributed by atoms with E-state index in [1.807, 2.05) is 0 Å². The normalized spacial score (nSPS) is 22.5. The van der Waals surface area contributed by atoms with Crippen LogP contribution in [0.25, 0.3) is 0 Å². The molecule has 1 fully saturated rings. The molecular weight excluding hydrogens is 526 g/mol. The maximum absolute atomic E-state index is 12.1. The minimum Gasteiger partial charge on any atom is -0.263 e. The highest BCUT2D eigenvalue weighted by atomic mass is 16.8. The minimum atomic E-state index is -5.49. The molecule has 2 atom stereocenters. The molecule has 1 aliphatic carbocycles. The van der Waals surface area contributed by atoms with E-state index in [0.29, 0.717) is 0 Å². The summed E-state index contributed by atoms with van der Waals surface area (Å²) in [6.45, 7) is 0. The molecule has 0 aromatic heterocycles. The minimum absolute atomic E-state index is 1.85. The first-order chi connectivity index (χ1) is 16.4. The third kappa shape index (κ3) is 2.68. The van der Waals surface area contributed by atoms with Crippen LogP contribution in [0.5, 0.6) is 0 Å². The van der Waals surface area contributed by atoms with Crippen molar-refractivity contribution in [2.75, 3.05) is 0 Å². The van der Waals surface area contributed by atoms with E-state index in [0.717, 1.165) is 0 Å². The second-order valence-electron chi connectivity index (χ2n) is 6.09. The van der Waals surface area contributed by atoms with Gasteiger partial charge in [0.2, 0.25) is 0 Å². The first kappa shape index (κ1) is 25.9. The monoisotopic (exact) mass is 527 g/mol. The predicted molar refractivity (Wildman–Crippen MR) is 89.9 cm³/mol. The lowest BCUT2D eigenvalue weighted by atomic mass is 9.87. The third-order valence-corrected chi connectivity index (χ3v) is 4.65. The van der Waals surface area contributed by atoms with Crippen LogP contribution in [0.4, 0.5) is 0 Å². The summed E-state index contributed by atoms with van der Waals surface area (Å²) in [5.74, 6) is -5.49. The molecule has 0 radical (unpaired) electrons. The second-order valence-corrected chi connectivity index (χ2v) is 6.09. The number of nitrogens with zero attached hydrogens (tertiary/aromatic N) is 11. The van der Waals surface area contributed by atoms with Crippen molar-refractivity contribution in [3.63, 3.8) is 0 Å². The molecule has 0 spiro atoms. The summed E-state index contributed by atoms with van der Waals surface area (Å²) < 4.78 is 0. The average molecular weight is 527 g/mol. The molecule has 2 unspecified atom stereocenters. The van der Waals surface area contributed by atoms with Crippen LogP contribution >= 0.6 is 0 Å². The molecule has 0 N–H and O–H groups in total. The molecule has 2 aliphatic rings. The van der Waals surface area contributed by atoms with Crippen molar-refractivity contribution in [3.05, 3.63) is 114 Å². The lowest BCUT2D eigenvalue weighted by molar-refractivity contribution is -0.968. The molecule has 1 aliphatic heterocycles. The van der Waals surface area contributed by atoms with Crippen LogP contribution in [-0.2, 0) is 0 Å². The van der Waals surface area contributed by atoms with Gasteiger partial charge in [0.1, 0.15) is 5.01 Å². The van der Waals surface area contributed by atoms with Crippen LogP contribution in [-0.4, -0.2) is 72.2 Å². The Bertz CT molecular complexity index is 1270. The van der Waals surface area contributed by atoms with E-state index >= 15 is 0 Å². The number of nitro groups is 9. The molecule has 1 saturated heterocycles. The lowest BCUT2D eigenvalue weighted by Crippen LogP contribution is -2.73. The van der Waals surface area contributed by atoms with Crippen LogP contribution in [0.1, 0.15) is 0 Å². The van der Waals surface area contributed by atoms with Gasteiger partial charge >= 0.3 is 34.7 Å². The van der Waals surface area contributed by atoms with Crippen molar-refractivity contribution in [2.24, 2.45) is 0 Å². The molecule has 29 heteroatoms. The number of hydrogen-bond donors (Lipinski definition) is 0. The Morgan fingerprint density at radius 2 is 1.03 bits per heavy atom. The molecule has 0 saturated carbocycles. The molecule has 29 nitrogen and oxygen atoms in total. The molecule has 36 heavy (non-hydrogen) atoms. The summed E-state index contributed by atoms with van der Waals surface area (Å²) in [5.41, 5.74) is -16.5. The third-order valence-electron chi connectivity index (χ3n) is 4.65. The van der Waals surface area contributed by atoms with E-state index in [9.17, 15) is 91.0 Å². The van der Waals surface area contributed by atoms with Gasteiger partial charge in [0.05, 0.1) is 24.7 Å². The van der Waals surface area contributed by atoms with Crippen LogP contribution in [0.2, 0.25) is 0 Å². The quantitative estimate of drug-likeness (QED) is 0.164. The van der Waals surface area contributed by atoms with Gasteiger partial charge in [-0.3, -0.25) is 70.8 Å². The van der Waals surface area contributed by atoms with Gasteiger partial charge in [0.25, 0.3) is 5.70 Å². The van der Waals surface area contributed by atoms with Gasteiger partial charge < -0.3 is 0 Å². The predicted octanol–water partition coefficient (Wildman–Crippen LogP) is -2.96. The Balaban J connectivity index is 3.60. The highest BCUT2D eigenvalue weighted by Gasteiger charge is 3.05. The zero-order chi connectivity index (χ0) is 28.2. The Morgan fingerprint density at radius 1 is 0.583 bits per heavy atom. The molecule has 0 bridgehead atoms. The summed E-state index contributed by atoms with van der Waals surface area (Å²) in [7, 11) is 0. The molecule has 192 valence electrons. The summed E-state index contributed by atoms with van der Waals surface area (Å²) >= 11 is 0. The van der Waals surface area contributed by atoms with Crippen molar-refractivity contribution in [3.8, 4) is 0 Å². The smallest absolute Gasteiger partial charge is 0.263 e. The summed E-state index contributed by atoms with van der Waals surface area (Å²) in [6.07, 6.45) is 0. The van der Waals surface area contributed by atoms with Gasteiger partial charge in [0.15, 0.2) is 19.9 Å². The van der Waals surface area contributed by atoms with Crippen LogP contribution in [0.15, 0.2) is 22.8 Å². The zero-order valence-corrected chi connectivity index (χ0v) is 15.8. The molecule has 0 amide bonds. The highest BCUT2D eigenvalue weighted by molar-refractivity contribution is 5.42. The fourth-order valence-electron chi connectivity index (χ4n) is 3.65. The standard InChI is InChI=1S/C7HN11O18/c19-9(20)1-2(10(21)22)4-6(14(27)28,5(12(25)26)3(1)11(23)24)13(18(35)36)7(15(29)30,16(31)32)8(4)17(33)34/h5H. The number of hydrogen-bond acceptors (Lipinski definition) is 18. The van der Waals surface area contributed by atoms with Crippen molar-refractivity contribution in [1.29, 1.82) is 0 Å². The van der Waals surface area contributed by atoms with Crippen molar-refractivity contribution < 1.29 is 44.5 Å². The van der Waals surface area contributed by atoms with Crippen molar-refractivity contribution >= 4 is 0 Å². The van der Waals surface area contributed by atoms with Gasteiger partial charge in [-0.25, -0.2) is 20.2 Å². The van der Waals surface area contributed by atoms with Crippen LogP contribution < -0.4 is 0 Å². The summed E-state index contributed by atoms with van der Waals surface area (Å²) in [4.78, 5) is 88.5. The Kier molecular flexibility index (Phi) is 5.49. The number of rotatable bonds is 9. The van der Waals surface area contributed by atoms with E-state index in [-0.39, 0.29) is 0 Å².